The third kappa shape index (κ3) is 5.38. The van der Waals surface area contributed by atoms with Gasteiger partial charge in [0, 0.05) is 35.5 Å². The van der Waals surface area contributed by atoms with Gasteiger partial charge in [-0.3, -0.25) is 0 Å². The van der Waals surface area contributed by atoms with Crippen molar-refractivity contribution in [3.05, 3.63) is 47.0 Å². The summed E-state index contributed by atoms with van der Waals surface area (Å²) in [6.07, 6.45) is 5.44. The van der Waals surface area contributed by atoms with E-state index in [4.69, 9.17) is 0 Å². The van der Waals surface area contributed by atoms with Crippen molar-refractivity contribution in [2.45, 2.75) is 26.6 Å². The number of nitrogens with one attached hydrogen (secondary N) is 1. The van der Waals surface area contributed by atoms with Gasteiger partial charge in [0.05, 0.1) is 6.33 Å². The standard InChI is InChI=1S/C15H18BrF2N3O/c1-11(9-21-5-4-19-10-21)7-20-8-12-6-13(16)2-3-14(12)22-15(17)18/h2-6,10-11,15,20H,7-9H2,1H3. The highest BCUT2D eigenvalue weighted by Crippen LogP contribution is 2.24. The molecule has 4 nitrogen and oxygen atoms in total. The summed E-state index contributed by atoms with van der Waals surface area (Å²) >= 11 is 3.34. The van der Waals surface area contributed by atoms with Crippen LogP contribution in [0.2, 0.25) is 0 Å². The summed E-state index contributed by atoms with van der Waals surface area (Å²) in [5.41, 5.74) is 0.699. The molecule has 1 N–H and O–H groups in total. The molecule has 0 aliphatic heterocycles. The average Bonchev–Trinajstić information content (AvgIpc) is 2.94. The maximum absolute atomic E-state index is 12.4. The van der Waals surface area contributed by atoms with Crippen LogP contribution in [0.3, 0.4) is 0 Å². The van der Waals surface area contributed by atoms with E-state index in [1.54, 1.807) is 30.7 Å². The molecule has 1 unspecified atom stereocenters. The van der Waals surface area contributed by atoms with Crippen LogP contribution in [-0.4, -0.2) is 22.7 Å². The highest BCUT2D eigenvalue weighted by molar-refractivity contribution is 9.10. The van der Waals surface area contributed by atoms with E-state index in [0.717, 1.165) is 17.6 Å². The lowest BCUT2D eigenvalue weighted by atomic mass is 10.1. The summed E-state index contributed by atoms with van der Waals surface area (Å²) in [7, 11) is 0. The summed E-state index contributed by atoms with van der Waals surface area (Å²) in [5.74, 6) is 0.591. The van der Waals surface area contributed by atoms with Crippen molar-refractivity contribution in [1.82, 2.24) is 14.9 Å². The Morgan fingerprint density at radius 1 is 1.41 bits per heavy atom. The van der Waals surface area contributed by atoms with E-state index in [1.165, 1.54) is 0 Å². The number of ether oxygens (including phenoxy) is 1. The number of nitrogens with zero attached hydrogens (tertiary/aromatic N) is 2. The van der Waals surface area contributed by atoms with Crippen molar-refractivity contribution < 1.29 is 13.5 Å². The number of hydrogen-bond acceptors (Lipinski definition) is 3. The van der Waals surface area contributed by atoms with E-state index in [9.17, 15) is 8.78 Å². The van der Waals surface area contributed by atoms with Gasteiger partial charge >= 0.3 is 6.61 Å². The molecule has 1 atom stereocenters. The molecule has 2 aromatic rings. The van der Waals surface area contributed by atoms with E-state index in [0.29, 0.717) is 18.0 Å². The first-order valence-electron chi connectivity index (χ1n) is 6.94. The summed E-state index contributed by atoms with van der Waals surface area (Å²) in [5, 5.41) is 3.28. The summed E-state index contributed by atoms with van der Waals surface area (Å²) in [4.78, 5) is 4.00. The van der Waals surface area contributed by atoms with Gasteiger partial charge in [0.1, 0.15) is 5.75 Å². The van der Waals surface area contributed by atoms with Crippen LogP contribution in [0.15, 0.2) is 41.4 Å². The number of halogens is 3. The average molecular weight is 374 g/mol. The fraction of sp³-hybridized carbons (Fsp3) is 0.400. The largest absolute Gasteiger partial charge is 0.434 e. The molecule has 0 saturated carbocycles. The molecule has 0 amide bonds. The minimum atomic E-state index is -2.82. The van der Waals surface area contributed by atoms with Gasteiger partial charge in [-0.25, -0.2) is 4.98 Å². The molecule has 120 valence electrons. The number of alkyl halides is 2. The normalized spacial score (nSPS) is 12.6. The highest BCUT2D eigenvalue weighted by Gasteiger charge is 2.10. The molecule has 0 radical (unpaired) electrons. The molecule has 1 aromatic heterocycles. The second kappa shape index (κ2) is 8.24. The molecular weight excluding hydrogens is 356 g/mol. The molecule has 0 bridgehead atoms. The van der Waals surface area contributed by atoms with Gasteiger partial charge in [-0.2, -0.15) is 8.78 Å². The Bertz CT molecular complexity index is 578. The van der Waals surface area contributed by atoms with E-state index >= 15 is 0 Å². The zero-order chi connectivity index (χ0) is 15.9. The molecule has 22 heavy (non-hydrogen) atoms. The van der Waals surface area contributed by atoms with Gasteiger partial charge in [-0.15, -0.1) is 0 Å². The van der Waals surface area contributed by atoms with E-state index < -0.39 is 6.61 Å². The van der Waals surface area contributed by atoms with Gasteiger partial charge in [-0.1, -0.05) is 22.9 Å². The van der Waals surface area contributed by atoms with Gasteiger partial charge in [0.2, 0.25) is 0 Å². The lowest BCUT2D eigenvalue weighted by molar-refractivity contribution is -0.0505. The van der Waals surface area contributed by atoms with Crippen molar-refractivity contribution >= 4 is 15.9 Å². The van der Waals surface area contributed by atoms with Crippen molar-refractivity contribution in [3.63, 3.8) is 0 Å². The second-order valence-electron chi connectivity index (χ2n) is 5.13. The summed E-state index contributed by atoms with van der Waals surface area (Å²) in [6.45, 7) is 1.38. The molecule has 0 aliphatic carbocycles. The molecule has 2 rings (SSSR count). The van der Waals surface area contributed by atoms with Crippen LogP contribution in [-0.2, 0) is 13.1 Å². The quantitative estimate of drug-likeness (QED) is 0.767. The first kappa shape index (κ1) is 16.9. The van der Waals surface area contributed by atoms with Gasteiger partial charge in [0.25, 0.3) is 0 Å². The minimum absolute atomic E-state index is 0.202. The maximum Gasteiger partial charge on any atom is 0.387 e. The van der Waals surface area contributed by atoms with Gasteiger partial charge in [0.15, 0.2) is 0 Å². The number of rotatable bonds is 8. The van der Waals surface area contributed by atoms with Crippen LogP contribution in [0.4, 0.5) is 8.78 Å². The molecule has 1 heterocycles. The topological polar surface area (TPSA) is 39.1 Å². The number of benzene rings is 1. The summed E-state index contributed by atoms with van der Waals surface area (Å²) < 4.78 is 32.2. The van der Waals surface area contributed by atoms with Crippen LogP contribution >= 0.6 is 15.9 Å². The van der Waals surface area contributed by atoms with E-state index in [2.05, 4.69) is 37.9 Å². The molecule has 1 aromatic carbocycles. The van der Waals surface area contributed by atoms with Crippen LogP contribution < -0.4 is 10.1 Å². The Morgan fingerprint density at radius 2 is 2.23 bits per heavy atom. The van der Waals surface area contributed by atoms with Gasteiger partial charge in [-0.05, 0) is 30.7 Å². The van der Waals surface area contributed by atoms with Crippen LogP contribution in [0.1, 0.15) is 12.5 Å². The number of aromatic nitrogens is 2. The third-order valence-corrected chi connectivity index (χ3v) is 3.62. The van der Waals surface area contributed by atoms with Crippen LogP contribution in [0.25, 0.3) is 0 Å². The Hall–Kier alpha value is -1.47. The van der Waals surface area contributed by atoms with Gasteiger partial charge < -0.3 is 14.6 Å². The Morgan fingerprint density at radius 3 is 2.91 bits per heavy atom. The Kier molecular flexibility index (Phi) is 6.33. The van der Waals surface area contributed by atoms with Crippen molar-refractivity contribution in [2.24, 2.45) is 5.92 Å². The third-order valence-electron chi connectivity index (χ3n) is 3.13. The Labute approximate surface area is 136 Å². The predicted molar refractivity (Wildman–Crippen MR) is 83.9 cm³/mol. The minimum Gasteiger partial charge on any atom is -0.434 e. The SMILES string of the molecule is CC(CNCc1cc(Br)ccc1OC(F)F)Cn1ccnc1. The first-order chi connectivity index (χ1) is 10.5. The van der Waals surface area contributed by atoms with Crippen molar-refractivity contribution in [1.29, 1.82) is 0 Å². The molecular formula is C15H18BrF2N3O. The molecule has 0 fully saturated rings. The highest BCUT2D eigenvalue weighted by atomic mass is 79.9. The summed E-state index contributed by atoms with van der Waals surface area (Å²) in [6, 6.07) is 5.01. The lowest BCUT2D eigenvalue weighted by Crippen LogP contribution is -2.24. The maximum atomic E-state index is 12.4. The molecule has 0 aliphatic rings. The first-order valence-corrected chi connectivity index (χ1v) is 7.73. The number of imidazole rings is 1. The molecule has 0 saturated heterocycles. The van der Waals surface area contributed by atoms with E-state index in [1.807, 2.05) is 10.8 Å². The van der Waals surface area contributed by atoms with Crippen molar-refractivity contribution in [2.75, 3.05) is 6.54 Å². The fourth-order valence-corrected chi connectivity index (χ4v) is 2.58. The number of hydrogen-bond donors (Lipinski definition) is 1. The Balaban J connectivity index is 1.86. The zero-order valence-corrected chi connectivity index (χ0v) is 13.8. The van der Waals surface area contributed by atoms with Crippen LogP contribution in [0, 0.1) is 5.92 Å². The van der Waals surface area contributed by atoms with Crippen LogP contribution in [0.5, 0.6) is 5.75 Å². The zero-order valence-electron chi connectivity index (χ0n) is 12.2. The van der Waals surface area contributed by atoms with E-state index in [-0.39, 0.29) is 5.75 Å². The molecule has 0 spiro atoms. The second-order valence-corrected chi connectivity index (χ2v) is 6.04. The lowest BCUT2D eigenvalue weighted by Gasteiger charge is -2.15. The predicted octanol–water partition coefficient (Wildman–Crippen LogP) is 3.67. The fourth-order valence-electron chi connectivity index (χ4n) is 2.17. The monoisotopic (exact) mass is 373 g/mol. The smallest absolute Gasteiger partial charge is 0.387 e. The van der Waals surface area contributed by atoms with Crippen molar-refractivity contribution in [3.8, 4) is 5.75 Å². The molecule has 7 heteroatoms.